The number of aliphatic carboxylic acids is 1. The summed E-state index contributed by atoms with van der Waals surface area (Å²) in [4.78, 5) is 23.5. The lowest BCUT2D eigenvalue weighted by atomic mass is 9.93. The number of nitrogens with one attached hydrogen (secondary N) is 1. The molecule has 2 N–H and O–H groups in total. The van der Waals surface area contributed by atoms with Crippen LogP contribution < -0.4 is 5.32 Å². The maximum absolute atomic E-state index is 11.9. The summed E-state index contributed by atoms with van der Waals surface area (Å²) >= 11 is 3.42. The van der Waals surface area contributed by atoms with E-state index in [1.807, 2.05) is 18.2 Å². The van der Waals surface area contributed by atoms with E-state index in [1.165, 1.54) is 0 Å². The highest BCUT2D eigenvalue weighted by atomic mass is 79.9. The average molecular weight is 370 g/mol. The first kappa shape index (κ1) is 16.8. The van der Waals surface area contributed by atoms with Crippen molar-refractivity contribution in [1.82, 2.24) is 5.32 Å². The van der Waals surface area contributed by atoms with Crippen LogP contribution in [0.15, 0.2) is 22.7 Å². The molecule has 22 heavy (non-hydrogen) atoms. The van der Waals surface area contributed by atoms with Crippen molar-refractivity contribution in [3.05, 3.63) is 33.8 Å². The van der Waals surface area contributed by atoms with Crippen LogP contribution in [0.3, 0.4) is 0 Å². The van der Waals surface area contributed by atoms with E-state index in [0.717, 1.165) is 22.0 Å². The number of benzene rings is 1. The van der Waals surface area contributed by atoms with E-state index in [4.69, 9.17) is 4.74 Å². The van der Waals surface area contributed by atoms with Gasteiger partial charge in [0.1, 0.15) is 11.6 Å². The Hall–Kier alpha value is -1.56. The van der Waals surface area contributed by atoms with Crippen LogP contribution in [0, 0.1) is 0 Å². The molecule has 0 unspecified atom stereocenters. The molecule has 0 bridgehead atoms. The highest BCUT2D eigenvalue weighted by Crippen LogP contribution is 2.37. The van der Waals surface area contributed by atoms with E-state index in [0.29, 0.717) is 6.42 Å². The van der Waals surface area contributed by atoms with Crippen LogP contribution >= 0.6 is 15.9 Å². The largest absolute Gasteiger partial charge is 0.480 e. The van der Waals surface area contributed by atoms with Crippen LogP contribution in [0.5, 0.6) is 0 Å². The van der Waals surface area contributed by atoms with Gasteiger partial charge in [-0.1, -0.05) is 22.0 Å². The van der Waals surface area contributed by atoms with Crippen molar-refractivity contribution in [3.8, 4) is 0 Å². The maximum Gasteiger partial charge on any atom is 0.408 e. The smallest absolute Gasteiger partial charge is 0.408 e. The molecule has 0 fully saturated rings. The van der Waals surface area contributed by atoms with Crippen molar-refractivity contribution in [2.75, 3.05) is 0 Å². The number of rotatable bonds is 3. The molecular formula is C16H20BrNO4. The predicted octanol–water partition coefficient (Wildman–Crippen LogP) is 3.46. The highest BCUT2D eigenvalue weighted by molar-refractivity contribution is 9.10. The molecule has 5 nitrogen and oxygen atoms in total. The lowest BCUT2D eigenvalue weighted by molar-refractivity contribution is -0.140. The van der Waals surface area contributed by atoms with Crippen LogP contribution in [-0.4, -0.2) is 28.8 Å². The molecule has 1 aromatic carbocycles. The molecule has 2 atom stereocenters. The zero-order chi connectivity index (χ0) is 16.5. The molecular weight excluding hydrogens is 350 g/mol. The Morgan fingerprint density at radius 2 is 2.09 bits per heavy atom. The fraction of sp³-hybridized carbons (Fsp3) is 0.500. The zero-order valence-electron chi connectivity index (χ0n) is 12.9. The van der Waals surface area contributed by atoms with Crippen molar-refractivity contribution in [3.63, 3.8) is 0 Å². The van der Waals surface area contributed by atoms with Crippen molar-refractivity contribution in [1.29, 1.82) is 0 Å². The van der Waals surface area contributed by atoms with Gasteiger partial charge in [-0.3, -0.25) is 0 Å². The van der Waals surface area contributed by atoms with Crippen LogP contribution in [0.25, 0.3) is 0 Å². The monoisotopic (exact) mass is 369 g/mol. The Kier molecular flexibility index (Phi) is 4.80. The summed E-state index contributed by atoms with van der Waals surface area (Å²) in [5, 5.41) is 12.0. The third-order valence-corrected chi connectivity index (χ3v) is 4.06. The van der Waals surface area contributed by atoms with E-state index in [2.05, 4.69) is 21.2 Å². The number of hydrogen-bond acceptors (Lipinski definition) is 3. The molecule has 0 saturated heterocycles. The molecule has 2 rings (SSSR count). The second-order valence-corrected chi connectivity index (χ2v) is 7.37. The van der Waals surface area contributed by atoms with E-state index in [-0.39, 0.29) is 5.92 Å². The average Bonchev–Trinajstić information content (AvgIpc) is 2.76. The number of carboxylic acid groups (broad SMARTS) is 1. The quantitative estimate of drug-likeness (QED) is 0.855. The molecule has 0 spiro atoms. The summed E-state index contributed by atoms with van der Waals surface area (Å²) in [6.07, 6.45) is 0.795. The number of ether oxygens (including phenoxy) is 1. The van der Waals surface area contributed by atoms with Crippen LogP contribution in [0.4, 0.5) is 4.79 Å². The molecule has 0 aliphatic heterocycles. The SMILES string of the molecule is CC(C)(C)OC(=O)N[C@H](C(=O)O)[C@H]1CCc2cc(Br)ccc21. The molecule has 0 radical (unpaired) electrons. The van der Waals surface area contributed by atoms with Gasteiger partial charge in [0, 0.05) is 10.4 Å². The molecule has 1 aliphatic carbocycles. The van der Waals surface area contributed by atoms with Crippen LogP contribution in [-0.2, 0) is 16.0 Å². The van der Waals surface area contributed by atoms with Gasteiger partial charge in [-0.25, -0.2) is 9.59 Å². The van der Waals surface area contributed by atoms with Gasteiger partial charge in [0.2, 0.25) is 0 Å². The normalized spacial score (nSPS) is 18.5. The van der Waals surface area contributed by atoms with Gasteiger partial charge in [0.05, 0.1) is 0 Å². The van der Waals surface area contributed by atoms with Crippen LogP contribution in [0.2, 0.25) is 0 Å². The summed E-state index contributed by atoms with van der Waals surface area (Å²) in [5.41, 5.74) is 1.44. The van der Waals surface area contributed by atoms with Gasteiger partial charge in [-0.2, -0.15) is 0 Å². The number of halogens is 1. The van der Waals surface area contributed by atoms with Gasteiger partial charge >= 0.3 is 12.1 Å². The first-order valence-corrected chi connectivity index (χ1v) is 7.97. The molecule has 6 heteroatoms. The van der Waals surface area contributed by atoms with Crippen LogP contribution in [0.1, 0.15) is 44.2 Å². The standard InChI is InChI=1S/C16H20BrNO4/c1-16(2,3)22-15(21)18-13(14(19)20)12-6-4-9-8-10(17)5-7-11(9)12/h5,7-8,12-13H,4,6H2,1-3H3,(H,18,21)(H,19,20)/t12-,13-/m0/s1. The summed E-state index contributed by atoms with van der Waals surface area (Å²) in [6.45, 7) is 5.22. The fourth-order valence-corrected chi connectivity index (χ4v) is 3.14. The Balaban J connectivity index is 2.17. The Bertz CT molecular complexity index is 594. The minimum Gasteiger partial charge on any atom is -0.480 e. The van der Waals surface area contributed by atoms with Gasteiger partial charge < -0.3 is 15.2 Å². The number of aryl methyl sites for hydroxylation is 1. The van der Waals surface area contributed by atoms with Crippen molar-refractivity contribution in [2.24, 2.45) is 0 Å². The minimum absolute atomic E-state index is 0.242. The first-order valence-electron chi connectivity index (χ1n) is 7.18. The van der Waals surface area contributed by atoms with E-state index in [1.54, 1.807) is 20.8 Å². The number of carboxylic acids is 1. The van der Waals surface area contributed by atoms with E-state index >= 15 is 0 Å². The topological polar surface area (TPSA) is 75.6 Å². The number of carbonyl (C=O) groups excluding carboxylic acids is 1. The summed E-state index contributed by atoms with van der Waals surface area (Å²) in [6, 6.07) is 4.83. The minimum atomic E-state index is -1.05. The predicted molar refractivity (Wildman–Crippen MR) is 86.0 cm³/mol. The van der Waals surface area contributed by atoms with E-state index < -0.39 is 23.7 Å². The number of amides is 1. The Labute approximate surface area is 138 Å². The second kappa shape index (κ2) is 6.28. The van der Waals surface area contributed by atoms with Gasteiger partial charge in [-0.15, -0.1) is 0 Å². The third kappa shape index (κ3) is 4.00. The van der Waals surface area contributed by atoms with Crippen molar-refractivity contribution in [2.45, 2.75) is 51.2 Å². The number of carbonyl (C=O) groups is 2. The molecule has 0 heterocycles. The Morgan fingerprint density at radius 1 is 1.41 bits per heavy atom. The number of hydrogen-bond donors (Lipinski definition) is 2. The highest BCUT2D eigenvalue weighted by Gasteiger charge is 2.36. The lowest BCUT2D eigenvalue weighted by Gasteiger charge is -2.25. The fourth-order valence-electron chi connectivity index (χ4n) is 2.73. The summed E-state index contributed by atoms with van der Waals surface area (Å²) in [7, 11) is 0. The molecule has 0 saturated carbocycles. The number of alkyl carbamates (subject to hydrolysis) is 1. The molecule has 1 aliphatic rings. The van der Waals surface area contributed by atoms with Crippen molar-refractivity contribution < 1.29 is 19.4 Å². The third-order valence-electron chi connectivity index (χ3n) is 3.57. The summed E-state index contributed by atoms with van der Waals surface area (Å²) < 4.78 is 6.14. The van der Waals surface area contributed by atoms with Gasteiger partial charge in [0.15, 0.2) is 0 Å². The molecule has 1 aromatic rings. The van der Waals surface area contributed by atoms with Gasteiger partial charge in [-0.05, 0) is 56.9 Å². The van der Waals surface area contributed by atoms with Crippen molar-refractivity contribution >= 4 is 28.0 Å². The maximum atomic E-state index is 11.9. The zero-order valence-corrected chi connectivity index (χ0v) is 14.4. The van der Waals surface area contributed by atoms with Gasteiger partial charge in [0.25, 0.3) is 0 Å². The lowest BCUT2D eigenvalue weighted by Crippen LogP contribution is -2.46. The Morgan fingerprint density at radius 3 is 2.68 bits per heavy atom. The molecule has 120 valence electrons. The molecule has 0 aromatic heterocycles. The first-order chi connectivity index (χ1) is 10.2. The molecule has 1 amide bonds. The van der Waals surface area contributed by atoms with E-state index in [9.17, 15) is 14.7 Å². The summed E-state index contributed by atoms with van der Waals surface area (Å²) in [5.74, 6) is -1.29. The second-order valence-electron chi connectivity index (χ2n) is 6.45. The number of fused-ring (bicyclic) bond motifs is 1.